The molecule has 2 heterocycles. The van der Waals surface area contributed by atoms with Gasteiger partial charge in [0.25, 0.3) is 11.6 Å². The number of non-ortho nitro benzene ring substituents is 1. The maximum Gasteiger partial charge on any atom is 0.291 e. The molecular formula is C23H20N4O6. The summed E-state index contributed by atoms with van der Waals surface area (Å²) in [6, 6.07) is 11.2. The van der Waals surface area contributed by atoms with Crippen LogP contribution in [0.5, 0.6) is 11.5 Å². The first-order valence-electron chi connectivity index (χ1n) is 10.4. The summed E-state index contributed by atoms with van der Waals surface area (Å²) >= 11 is 0. The fraction of sp³-hybridized carbons (Fsp3) is 0.217. The Labute approximate surface area is 188 Å². The van der Waals surface area contributed by atoms with Crippen molar-refractivity contribution in [1.82, 2.24) is 0 Å². The average Bonchev–Trinajstić information content (AvgIpc) is 3.42. The summed E-state index contributed by atoms with van der Waals surface area (Å²) in [6.45, 7) is 2.00. The van der Waals surface area contributed by atoms with E-state index in [1.165, 1.54) is 12.1 Å². The van der Waals surface area contributed by atoms with Gasteiger partial charge in [0.1, 0.15) is 5.76 Å². The van der Waals surface area contributed by atoms with E-state index in [4.69, 9.17) is 13.9 Å². The van der Waals surface area contributed by atoms with E-state index < -0.39 is 4.92 Å². The number of hydrogen-bond acceptors (Lipinski definition) is 8. The Morgan fingerprint density at radius 1 is 1.06 bits per heavy atom. The van der Waals surface area contributed by atoms with E-state index in [0.717, 1.165) is 29.9 Å². The fourth-order valence-corrected chi connectivity index (χ4v) is 3.95. The van der Waals surface area contributed by atoms with Gasteiger partial charge in [-0.25, -0.2) is 0 Å². The van der Waals surface area contributed by atoms with E-state index in [1.807, 2.05) is 6.92 Å². The van der Waals surface area contributed by atoms with Crippen LogP contribution in [0.2, 0.25) is 0 Å². The molecule has 3 aromatic rings. The van der Waals surface area contributed by atoms with Gasteiger partial charge in [-0.1, -0.05) is 0 Å². The van der Waals surface area contributed by atoms with E-state index in [1.54, 1.807) is 30.3 Å². The second kappa shape index (κ2) is 8.30. The number of fused-ring (bicyclic) bond motifs is 2. The molecule has 0 saturated heterocycles. The third-order valence-electron chi connectivity index (χ3n) is 5.56. The molecule has 1 aliphatic heterocycles. The molecule has 0 atom stereocenters. The molecular weight excluding hydrogens is 428 g/mol. The highest BCUT2D eigenvalue weighted by Gasteiger charge is 2.28. The van der Waals surface area contributed by atoms with E-state index in [9.17, 15) is 14.9 Å². The van der Waals surface area contributed by atoms with Crippen molar-refractivity contribution in [2.75, 3.05) is 17.5 Å². The lowest BCUT2D eigenvalue weighted by atomic mass is 9.93. The van der Waals surface area contributed by atoms with E-state index >= 15 is 0 Å². The number of ether oxygens (including phenoxy) is 2. The SMILES string of the molecule is Cc1c(C(=O)Nc2ccc3c(c2)OCO3)oc2c1/C(=N/Nc1ccc([N+](=O)[O-])cc1)CCC2. The van der Waals surface area contributed by atoms with Crippen LogP contribution in [0.1, 0.15) is 40.3 Å². The molecule has 10 nitrogen and oxygen atoms in total. The number of nitrogens with one attached hydrogen (secondary N) is 2. The Kier molecular flexibility index (Phi) is 5.17. The monoisotopic (exact) mass is 448 g/mol. The molecule has 0 spiro atoms. The van der Waals surface area contributed by atoms with E-state index in [0.29, 0.717) is 34.9 Å². The van der Waals surface area contributed by atoms with Gasteiger partial charge in [0.2, 0.25) is 6.79 Å². The minimum absolute atomic E-state index is 0.0111. The van der Waals surface area contributed by atoms with Crippen molar-refractivity contribution in [3.05, 3.63) is 75.2 Å². The van der Waals surface area contributed by atoms with Crippen molar-refractivity contribution in [2.24, 2.45) is 5.10 Å². The molecule has 0 radical (unpaired) electrons. The number of nitro groups is 1. The zero-order valence-electron chi connectivity index (χ0n) is 17.7. The van der Waals surface area contributed by atoms with Crippen molar-refractivity contribution in [3.63, 3.8) is 0 Å². The van der Waals surface area contributed by atoms with Gasteiger partial charge in [-0.3, -0.25) is 20.3 Å². The number of hydrogen-bond donors (Lipinski definition) is 2. The summed E-state index contributed by atoms with van der Waals surface area (Å²) in [6.07, 6.45) is 2.27. The molecule has 1 aliphatic carbocycles. The Morgan fingerprint density at radius 2 is 1.82 bits per heavy atom. The Bertz CT molecular complexity index is 1280. The summed E-state index contributed by atoms with van der Waals surface area (Å²) in [5.41, 5.74) is 6.48. The molecule has 0 saturated carbocycles. The zero-order chi connectivity index (χ0) is 22.9. The molecule has 0 bridgehead atoms. The number of furan rings is 1. The van der Waals surface area contributed by atoms with Gasteiger partial charge in [0.15, 0.2) is 17.3 Å². The third-order valence-corrected chi connectivity index (χ3v) is 5.56. The quantitative estimate of drug-likeness (QED) is 0.430. The number of benzene rings is 2. The predicted molar refractivity (Wildman–Crippen MR) is 120 cm³/mol. The predicted octanol–water partition coefficient (Wildman–Crippen LogP) is 4.63. The number of nitro benzene ring substituents is 1. The van der Waals surface area contributed by atoms with Crippen LogP contribution in [0.15, 0.2) is 52.0 Å². The zero-order valence-corrected chi connectivity index (χ0v) is 17.7. The van der Waals surface area contributed by atoms with Gasteiger partial charge in [0, 0.05) is 41.4 Å². The first-order valence-corrected chi connectivity index (χ1v) is 10.4. The lowest BCUT2D eigenvalue weighted by Gasteiger charge is -2.13. The highest BCUT2D eigenvalue weighted by atomic mass is 16.7. The van der Waals surface area contributed by atoms with Crippen molar-refractivity contribution >= 4 is 28.7 Å². The first-order chi connectivity index (χ1) is 16.0. The molecule has 0 fully saturated rings. The maximum absolute atomic E-state index is 12.9. The van der Waals surface area contributed by atoms with Crippen molar-refractivity contribution in [1.29, 1.82) is 0 Å². The van der Waals surface area contributed by atoms with Crippen LogP contribution < -0.4 is 20.2 Å². The molecule has 0 unspecified atom stereocenters. The summed E-state index contributed by atoms with van der Waals surface area (Å²) in [4.78, 5) is 23.3. The molecule has 2 aliphatic rings. The van der Waals surface area contributed by atoms with Crippen molar-refractivity contribution in [2.45, 2.75) is 26.2 Å². The van der Waals surface area contributed by atoms with Gasteiger partial charge >= 0.3 is 0 Å². The Morgan fingerprint density at radius 3 is 2.61 bits per heavy atom. The number of carbonyl (C=O) groups is 1. The summed E-state index contributed by atoms with van der Waals surface area (Å²) < 4.78 is 16.6. The van der Waals surface area contributed by atoms with Crippen molar-refractivity contribution in [3.8, 4) is 11.5 Å². The molecule has 10 heteroatoms. The Hall–Kier alpha value is -4.34. The highest BCUT2D eigenvalue weighted by Crippen LogP contribution is 2.35. The van der Waals surface area contributed by atoms with Crippen LogP contribution in [-0.4, -0.2) is 23.3 Å². The second-order valence-electron chi connectivity index (χ2n) is 7.70. The summed E-state index contributed by atoms with van der Waals surface area (Å²) in [7, 11) is 0. The number of aryl methyl sites for hydroxylation is 1. The number of nitrogens with zero attached hydrogens (tertiary/aromatic N) is 2. The molecule has 5 rings (SSSR count). The van der Waals surface area contributed by atoms with Crippen LogP contribution in [0, 0.1) is 17.0 Å². The van der Waals surface area contributed by atoms with Crippen molar-refractivity contribution < 1.29 is 23.6 Å². The number of carbonyl (C=O) groups excluding carboxylic acids is 1. The highest BCUT2D eigenvalue weighted by molar-refractivity contribution is 6.09. The van der Waals surface area contributed by atoms with Gasteiger partial charge in [-0.15, -0.1) is 0 Å². The molecule has 168 valence electrons. The summed E-state index contributed by atoms with van der Waals surface area (Å²) in [5, 5.41) is 18.2. The van der Waals surface area contributed by atoms with Gasteiger partial charge < -0.3 is 19.2 Å². The lowest BCUT2D eigenvalue weighted by molar-refractivity contribution is -0.384. The average molecular weight is 448 g/mol. The first kappa shape index (κ1) is 20.6. The van der Waals surface area contributed by atoms with Gasteiger partial charge in [0.05, 0.1) is 16.3 Å². The van der Waals surface area contributed by atoms with Crippen LogP contribution in [0.25, 0.3) is 0 Å². The number of amides is 1. The molecule has 2 N–H and O–H groups in total. The largest absolute Gasteiger partial charge is 0.455 e. The van der Waals surface area contributed by atoms with Crippen LogP contribution in [0.3, 0.4) is 0 Å². The number of hydrazone groups is 1. The van der Waals surface area contributed by atoms with Crippen LogP contribution in [-0.2, 0) is 6.42 Å². The number of rotatable bonds is 5. The van der Waals surface area contributed by atoms with Crippen LogP contribution >= 0.6 is 0 Å². The third kappa shape index (κ3) is 3.98. The fourth-order valence-electron chi connectivity index (χ4n) is 3.95. The normalized spacial score (nSPS) is 15.2. The minimum Gasteiger partial charge on any atom is -0.455 e. The molecule has 1 aromatic heterocycles. The van der Waals surface area contributed by atoms with Gasteiger partial charge in [-0.2, -0.15) is 5.10 Å². The van der Waals surface area contributed by atoms with E-state index in [-0.39, 0.29) is 24.1 Å². The topological polar surface area (TPSA) is 128 Å². The molecule has 1 amide bonds. The maximum atomic E-state index is 12.9. The lowest BCUT2D eigenvalue weighted by Crippen LogP contribution is -2.14. The van der Waals surface area contributed by atoms with E-state index in [2.05, 4.69) is 15.8 Å². The Balaban J connectivity index is 1.36. The second-order valence-corrected chi connectivity index (χ2v) is 7.70. The minimum atomic E-state index is -0.450. The smallest absolute Gasteiger partial charge is 0.291 e. The summed E-state index contributed by atoms with van der Waals surface area (Å²) in [5.74, 6) is 1.82. The molecule has 2 aromatic carbocycles. The van der Waals surface area contributed by atoms with Crippen LogP contribution in [0.4, 0.5) is 17.1 Å². The number of anilines is 2. The standard InChI is InChI=1S/C23H20N4O6/c1-13-21-17(26-25-14-5-8-16(9-6-14)27(29)30)3-2-4-19(21)33-22(13)23(28)24-15-7-10-18-20(11-15)32-12-31-18/h5-11,25H,2-4,12H2,1H3,(H,24,28)/b26-17+. The molecule has 33 heavy (non-hydrogen) atoms. The van der Waals surface area contributed by atoms with Gasteiger partial charge in [-0.05, 0) is 44.0 Å².